The average Bonchev–Trinajstić information content (AvgIpc) is 2.95. The molecule has 0 spiro atoms. The topological polar surface area (TPSA) is 116 Å². The van der Waals surface area contributed by atoms with Crippen molar-refractivity contribution < 1.29 is 9.72 Å². The smallest absolute Gasteiger partial charge is 0.272 e. The van der Waals surface area contributed by atoms with Crippen LogP contribution in [0.5, 0.6) is 0 Å². The third-order valence-electron chi connectivity index (χ3n) is 3.15. The van der Waals surface area contributed by atoms with Crippen molar-refractivity contribution in [1.29, 1.82) is 0 Å². The van der Waals surface area contributed by atoms with Crippen molar-refractivity contribution in [3.05, 3.63) is 50.2 Å². The van der Waals surface area contributed by atoms with Crippen LogP contribution >= 0.6 is 35.6 Å². The van der Waals surface area contributed by atoms with E-state index in [9.17, 15) is 14.9 Å². The number of hydrogen-bond donors (Lipinski definition) is 2. The molecule has 8 nitrogen and oxygen atoms in total. The minimum absolute atomic E-state index is 0. The molecule has 0 saturated carbocycles. The summed E-state index contributed by atoms with van der Waals surface area (Å²) < 4.78 is 1.30. The number of hydrogen-bond acceptors (Lipinski definition) is 5. The van der Waals surface area contributed by atoms with Gasteiger partial charge in [0.15, 0.2) is 5.69 Å². The first-order valence-corrected chi connectivity index (χ1v) is 7.78. The van der Waals surface area contributed by atoms with Gasteiger partial charge in [-0.1, -0.05) is 23.2 Å². The van der Waals surface area contributed by atoms with Crippen molar-refractivity contribution in [3.63, 3.8) is 0 Å². The normalized spacial score (nSPS) is 11.5. The van der Waals surface area contributed by atoms with Crippen LogP contribution in [0.1, 0.15) is 23.8 Å². The SMILES string of the molecule is CC(N)CCNC(=O)c1ccn(-c2c(Cl)cc([N+](=O)[O-])cc2Cl)n1.Cl. The summed E-state index contributed by atoms with van der Waals surface area (Å²) in [5, 5.41) is 17.7. The van der Waals surface area contributed by atoms with E-state index in [-0.39, 0.29) is 51.5 Å². The summed E-state index contributed by atoms with van der Waals surface area (Å²) in [7, 11) is 0. The molecule has 1 amide bonds. The molecule has 25 heavy (non-hydrogen) atoms. The quantitative estimate of drug-likeness (QED) is 0.563. The Morgan fingerprint density at radius 2 is 2.04 bits per heavy atom. The fourth-order valence-corrected chi connectivity index (χ4v) is 2.60. The first-order chi connectivity index (χ1) is 11.3. The molecule has 0 saturated heterocycles. The van der Waals surface area contributed by atoms with Crippen LogP contribution < -0.4 is 11.1 Å². The zero-order chi connectivity index (χ0) is 17.9. The van der Waals surface area contributed by atoms with Crippen LogP contribution in [-0.2, 0) is 0 Å². The summed E-state index contributed by atoms with van der Waals surface area (Å²) in [6, 6.07) is 3.83. The van der Waals surface area contributed by atoms with Crippen molar-refractivity contribution in [2.45, 2.75) is 19.4 Å². The number of non-ortho nitro benzene ring substituents is 1. The number of carbonyl (C=O) groups is 1. The highest BCUT2D eigenvalue weighted by Gasteiger charge is 2.18. The molecule has 2 rings (SSSR count). The van der Waals surface area contributed by atoms with Crippen LogP contribution in [0, 0.1) is 10.1 Å². The first-order valence-electron chi connectivity index (χ1n) is 7.03. The van der Waals surface area contributed by atoms with Gasteiger partial charge in [0, 0.05) is 30.9 Å². The molecule has 0 aliphatic rings. The lowest BCUT2D eigenvalue weighted by atomic mass is 10.2. The number of aromatic nitrogens is 2. The second-order valence-electron chi connectivity index (χ2n) is 5.18. The molecule has 0 aliphatic carbocycles. The number of carbonyl (C=O) groups excluding carboxylic acids is 1. The summed E-state index contributed by atoms with van der Waals surface area (Å²) in [4.78, 5) is 22.2. The Bertz CT molecular complexity index is 756. The molecule has 1 atom stereocenters. The minimum atomic E-state index is -0.595. The zero-order valence-corrected chi connectivity index (χ0v) is 15.4. The molecule has 136 valence electrons. The van der Waals surface area contributed by atoms with E-state index in [0.717, 1.165) is 0 Å². The highest BCUT2D eigenvalue weighted by Crippen LogP contribution is 2.32. The van der Waals surface area contributed by atoms with E-state index in [1.165, 1.54) is 29.1 Å². The Hall–Kier alpha value is -1.87. The van der Waals surface area contributed by atoms with Gasteiger partial charge < -0.3 is 11.1 Å². The number of nitrogens with one attached hydrogen (secondary N) is 1. The van der Waals surface area contributed by atoms with Gasteiger partial charge in [0.1, 0.15) is 5.69 Å². The van der Waals surface area contributed by atoms with Gasteiger partial charge >= 0.3 is 0 Å². The summed E-state index contributed by atoms with van der Waals surface area (Å²) in [6.45, 7) is 2.28. The number of amides is 1. The maximum absolute atomic E-state index is 12.0. The molecule has 0 bridgehead atoms. The number of nitro groups is 1. The number of nitrogens with zero attached hydrogens (tertiary/aromatic N) is 3. The average molecular weight is 409 g/mol. The Morgan fingerprint density at radius 1 is 1.44 bits per heavy atom. The standard InChI is InChI=1S/C14H15Cl2N5O3.ClH/c1-8(17)2-4-18-14(22)12-3-5-20(19-12)13-10(15)6-9(21(23)24)7-11(13)16;/h3,5-8H,2,4,17H2,1H3,(H,18,22);1H. The molecular weight excluding hydrogens is 393 g/mol. The van der Waals surface area contributed by atoms with E-state index in [0.29, 0.717) is 13.0 Å². The minimum Gasteiger partial charge on any atom is -0.351 e. The number of halogens is 3. The van der Waals surface area contributed by atoms with Crippen molar-refractivity contribution in [3.8, 4) is 5.69 Å². The van der Waals surface area contributed by atoms with Gasteiger partial charge in [0.05, 0.1) is 15.0 Å². The molecule has 1 unspecified atom stereocenters. The number of nitro benzene ring substituents is 1. The summed E-state index contributed by atoms with van der Waals surface area (Å²) in [5.41, 5.74) is 5.82. The van der Waals surface area contributed by atoms with Gasteiger partial charge in [-0.3, -0.25) is 14.9 Å². The highest BCUT2D eigenvalue weighted by molar-refractivity contribution is 6.38. The van der Waals surface area contributed by atoms with E-state index in [4.69, 9.17) is 28.9 Å². The predicted molar refractivity (Wildman–Crippen MR) is 98.1 cm³/mol. The molecular formula is C14H16Cl3N5O3. The molecule has 1 aromatic carbocycles. The van der Waals surface area contributed by atoms with E-state index in [1.807, 2.05) is 6.92 Å². The molecule has 1 aromatic heterocycles. The second kappa shape index (κ2) is 9.00. The molecule has 11 heteroatoms. The van der Waals surface area contributed by atoms with Crippen molar-refractivity contribution in [2.75, 3.05) is 6.54 Å². The molecule has 3 N–H and O–H groups in total. The maximum atomic E-state index is 12.0. The first kappa shape index (κ1) is 21.2. The lowest BCUT2D eigenvalue weighted by Crippen LogP contribution is -2.29. The van der Waals surface area contributed by atoms with E-state index >= 15 is 0 Å². The number of nitrogens with two attached hydrogens (primary N) is 1. The third kappa shape index (κ3) is 5.30. The lowest BCUT2D eigenvalue weighted by molar-refractivity contribution is -0.384. The fourth-order valence-electron chi connectivity index (χ4n) is 1.95. The molecule has 0 aliphatic heterocycles. The Labute approximate surface area is 159 Å². The van der Waals surface area contributed by atoms with Crippen LogP contribution in [0.4, 0.5) is 5.69 Å². The molecule has 1 heterocycles. The van der Waals surface area contributed by atoms with E-state index in [1.54, 1.807) is 0 Å². The van der Waals surface area contributed by atoms with E-state index in [2.05, 4.69) is 10.4 Å². The Morgan fingerprint density at radius 3 is 2.56 bits per heavy atom. The third-order valence-corrected chi connectivity index (χ3v) is 3.72. The summed E-state index contributed by atoms with van der Waals surface area (Å²) in [6.07, 6.45) is 2.14. The van der Waals surface area contributed by atoms with Crippen LogP contribution in [0.2, 0.25) is 10.0 Å². The lowest BCUT2D eigenvalue weighted by Gasteiger charge is -2.07. The molecule has 0 radical (unpaired) electrons. The van der Waals surface area contributed by atoms with Gasteiger partial charge in [-0.2, -0.15) is 5.10 Å². The fraction of sp³-hybridized carbons (Fsp3) is 0.286. The number of benzene rings is 1. The van der Waals surface area contributed by atoms with Gasteiger partial charge in [-0.15, -0.1) is 12.4 Å². The van der Waals surface area contributed by atoms with E-state index < -0.39 is 4.92 Å². The van der Waals surface area contributed by atoms with Gasteiger partial charge in [0.25, 0.3) is 11.6 Å². The summed E-state index contributed by atoms with van der Waals surface area (Å²) in [5.74, 6) is -0.358. The van der Waals surface area contributed by atoms with Gasteiger partial charge in [-0.05, 0) is 19.4 Å². The van der Waals surface area contributed by atoms with Crippen LogP contribution in [0.15, 0.2) is 24.4 Å². The Balaban J connectivity index is 0.00000312. The molecule has 0 fully saturated rings. The second-order valence-corrected chi connectivity index (χ2v) is 6.00. The number of rotatable bonds is 6. The monoisotopic (exact) mass is 407 g/mol. The maximum Gasteiger partial charge on any atom is 0.272 e. The van der Waals surface area contributed by atoms with Crippen molar-refractivity contribution >= 4 is 47.2 Å². The highest BCUT2D eigenvalue weighted by atomic mass is 35.5. The predicted octanol–water partition coefficient (Wildman–Crippen LogP) is 2.98. The van der Waals surface area contributed by atoms with Crippen LogP contribution in [0.25, 0.3) is 5.69 Å². The largest absolute Gasteiger partial charge is 0.351 e. The summed E-state index contributed by atoms with van der Waals surface area (Å²) >= 11 is 12.1. The van der Waals surface area contributed by atoms with Gasteiger partial charge in [-0.25, -0.2) is 4.68 Å². The van der Waals surface area contributed by atoms with Crippen LogP contribution in [-0.4, -0.2) is 33.2 Å². The van der Waals surface area contributed by atoms with Gasteiger partial charge in [0.2, 0.25) is 0 Å². The molecule has 2 aromatic rings. The zero-order valence-electron chi connectivity index (χ0n) is 13.1. The Kier molecular flexibility index (Phi) is 7.62. The van der Waals surface area contributed by atoms with Crippen molar-refractivity contribution in [2.24, 2.45) is 5.73 Å². The van der Waals surface area contributed by atoms with Crippen LogP contribution in [0.3, 0.4) is 0 Å². The van der Waals surface area contributed by atoms with Crippen molar-refractivity contribution in [1.82, 2.24) is 15.1 Å².